The largest absolute Gasteiger partial charge is 0.507 e. The normalized spacial score (nSPS) is 11.1. The van der Waals surface area contributed by atoms with Crippen LogP contribution in [0.1, 0.15) is 21.6 Å². The number of hydrogen-bond acceptors (Lipinski definition) is 5. The molecule has 1 amide bonds. The van der Waals surface area contributed by atoms with Crippen LogP contribution in [0.3, 0.4) is 0 Å². The molecule has 0 saturated carbocycles. The number of carbonyl (C=O) groups is 1. The van der Waals surface area contributed by atoms with E-state index in [4.69, 9.17) is 16.3 Å². The van der Waals surface area contributed by atoms with Gasteiger partial charge in [-0.15, -0.1) is 0 Å². The Morgan fingerprint density at radius 2 is 1.81 bits per heavy atom. The van der Waals surface area contributed by atoms with Crippen molar-refractivity contribution in [3.8, 4) is 22.8 Å². The van der Waals surface area contributed by atoms with E-state index in [1.807, 2.05) is 78.9 Å². The molecule has 8 heteroatoms. The number of amides is 1. The number of rotatable bonds is 7. The number of halogens is 1. The van der Waals surface area contributed by atoms with Gasteiger partial charge in [-0.25, -0.2) is 5.43 Å². The van der Waals surface area contributed by atoms with E-state index in [0.717, 1.165) is 21.9 Å². The molecule has 7 nitrogen and oxygen atoms in total. The number of aromatic hydroxyl groups is 1. The van der Waals surface area contributed by atoms with Crippen LogP contribution in [0.5, 0.6) is 11.5 Å². The number of benzene rings is 4. The lowest BCUT2D eigenvalue weighted by molar-refractivity contribution is 0.0950. The van der Waals surface area contributed by atoms with Crippen LogP contribution in [0, 0.1) is 0 Å². The minimum Gasteiger partial charge on any atom is -0.507 e. The first-order valence-corrected chi connectivity index (χ1v) is 11.5. The molecule has 0 atom stereocenters. The number of H-pyrrole nitrogens is 1. The molecule has 0 saturated heterocycles. The first-order chi connectivity index (χ1) is 17.6. The highest BCUT2D eigenvalue weighted by atomic mass is 35.5. The first kappa shape index (κ1) is 23.1. The number of phenols is 1. The van der Waals surface area contributed by atoms with Crippen molar-refractivity contribution in [3.63, 3.8) is 0 Å². The van der Waals surface area contributed by atoms with Crippen LogP contribution in [0.4, 0.5) is 0 Å². The van der Waals surface area contributed by atoms with Gasteiger partial charge < -0.3 is 9.84 Å². The summed E-state index contributed by atoms with van der Waals surface area (Å²) in [6.45, 7) is 0.364. The third-order valence-electron chi connectivity index (χ3n) is 5.63. The van der Waals surface area contributed by atoms with Crippen LogP contribution < -0.4 is 10.2 Å². The van der Waals surface area contributed by atoms with Gasteiger partial charge in [0.1, 0.15) is 23.8 Å². The number of fused-ring (bicyclic) bond motifs is 1. The molecule has 36 heavy (non-hydrogen) atoms. The van der Waals surface area contributed by atoms with E-state index >= 15 is 0 Å². The van der Waals surface area contributed by atoms with Crippen LogP contribution in [-0.2, 0) is 6.61 Å². The Labute approximate surface area is 212 Å². The molecule has 0 aliphatic carbocycles. The predicted molar refractivity (Wildman–Crippen MR) is 140 cm³/mol. The molecular formula is C28H21ClN4O3. The summed E-state index contributed by atoms with van der Waals surface area (Å²) in [5, 5.41) is 23.6. The van der Waals surface area contributed by atoms with Crippen molar-refractivity contribution in [2.75, 3.05) is 0 Å². The van der Waals surface area contributed by atoms with Crippen molar-refractivity contribution >= 4 is 34.5 Å². The van der Waals surface area contributed by atoms with Gasteiger partial charge in [-0.3, -0.25) is 9.89 Å². The Kier molecular flexibility index (Phi) is 6.64. The Morgan fingerprint density at radius 1 is 1.03 bits per heavy atom. The molecule has 1 aromatic heterocycles. The Bertz CT molecular complexity index is 1560. The van der Waals surface area contributed by atoms with Gasteiger partial charge >= 0.3 is 0 Å². The zero-order valence-corrected chi connectivity index (χ0v) is 19.7. The van der Waals surface area contributed by atoms with Crippen molar-refractivity contribution in [1.29, 1.82) is 0 Å². The quantitative estimate of drug-likeness (QED) is 0.192. The van der Waals surface area contributed by atoms with Gasteiger partial charge in [0.25, 0.3) is 5.91 Å². The summed E-state index contributed by atoms with van der Waals surface area (Å²) >= 11 is 6.17. The van der Waals surface area contributed by atoms with E-state index in [-0.39, 0.29) is 11.4 Å². The Balaban J connectivity index is 1.22. The van der Waals surface area contributed by atoms with Crippen molar-refractivity contribution < 1.29 is 14.6 Å². The molecule has 0 aliphatic rings. The number of hydrazone groups is 1. The molecule has 0 fully saturated rings. The highest BCUT2D eigenvalue weighted by molar-refractivity contribution is 6.31. The van der Waals surface area contributed by atoms with Gasteiger partial charge in [0.2, 0.25) is 0 Å². The van der Waals surface area contributed by atoms with Crippen molar-refractivity contribution in [2.24, 2.45) is 5.10 Å². The van der Waals surface area contributed by atoms with Crippen LogP contribution in [0.2, 0.25) is 5.02 Å². The number of aromatic nitrogens is 2. The maximum Gasteiger partial charge on any atom is 0.289 e. The molecule has 3 N–H and O–H groups in total. The molecule has 178 valence electrons. The van der Waals surface area contributed by atoms with Gasteiger partial charge in [0, 0.05) is 21.7 Å². The second-order valence-corrected chi connectivity index (χ2v) is 8.40. The minimum atomic E-state index is -0.454. The fourth-order valence-corrected chi connectivity index (χ4v) is 3.91. The van der Waals surface area contributed by atoms with E-state index in [2.05, 4.69) is 20.7 Å². The highest BCUT2D eigenvalue weighted by Crippen LogP contribution is 2.26. The fraction of sp³-hybridized carbons (Fsp3) is 0.0357. The maximum atomic E-state index is 12.5. The van der Waals surface area contributed by atoms with Gasteiger partial charge in [-0.2, -0.15) is 10.2 Å². The van der Waals surface area contributed by atoms with Crippen LogP contribution in [0.15, 0.2) is 96.1 Å². The molecule has 4 aromatic carbocycles. The lowest BCUT2D eigenvalue weighted by atomic mass is 10.0. The summed E-state index contributed by atoms with van der Waals surface area (Å²) in [6.07, 6.45) is 1.42. The van der Waals surface area contributed by atoms with Crippen LogP contribution in [0.25, 0.3) is 22.0 Å². The molecule has 5 rings (SSSR count). The second-order valence-electron chi connectivity index (χ2n) is 7.99. The summed E-state index contributed by atoms with van der Waals surface area (Å²) in [5.41, 5.74) is 5.58. The zero-order valence-electron chi connectivity index (χ0n) is 19.0. The van der Waals surface area contributed by atoms with Crippen LogP contribution in [-0.4, -0.2) is 27.4 Å². The SMILES string of the molecule is O=C(N/N=C\c1c(O)ccc2ccccc12)c1cc(-c2ccc(OCc3ccccc3Cl)cc2)n[nH]1. The molecular weight excluding hydrogens is 476 g/mol. The van der Waals surface area contributed by atoms with Gasteiger partial charge in [-0.05, 0) is 53.2 Å². The van der Waals surface area contributed by atoms with Gasteiger partial charge in [-0.1, -0.05) is 60.1 Å². The molecule has 5 aromatic rings. The number of nitrogens with zero attached hydrogens (tertiary/aromatic N) is 2. The number of phenolic OH excluding ortho intramolecular Hbond substituents is 1. The number of carbonyl (C=O) groups excluding carboxylic acids is 1. The maximum absolute atomic E-state index is 12.5. The summed E-state index contributed by atoms with van der Waals surface area (Å²) in [6, 6.07) is 27.6. The molecule has 0 aliphatic heterocycles. The molecule has 0 bridgehead atoms. The Hall–Kier alpha value is -4.62. The van der Waals surface area contributed by atoms with E-state index in [0.29, 0.717) is 28.6 Å². The van der Waals surface area contributed by atoms with Crippen molar-refractivity contribution in [1.82, 2.24) is 15.6 Å². The standard InChI is InChI=1S/C28H21ClN4O3/c29-24-8-4-2-6-20(24)17-36-21-12-9-19(10-13-21)25-15-26(32-31-25)28(35)33-30-16-23-22-7-3-1-5-18(22)11-14-27(23)34/h1-16,34H,17H2,(H,31,32)(H,33,35)/b30-16-. The highest BCUT2D eigenvalue weighted by Gasteiger charge is 2.11. The first-order valence-electron chi connectivity index (χ1n) is 11.1. The van der Waals surface area contributed by atoms with E-state index in [9.17, 15) is 9.90 Å². The van der Waals surface area contributed by atoms with E-state index in [1.54, 1.807) is 12.1 Å². The van der Waals surface area contributed by atoms with Gasteiger partial charge in [0.15, 0.2) is 0 Å². The lowest BCUT2D eigenvalue weighted by Crippen LogP contribution is -2.18. The predicted octanol–water partition coefficient (Wildman–Crippen LogP) is 5.93. The molecule has 0 radical (unpaired) electrons. The molecule has 0 unspecified atom stereocenters. The lowest BCUT2D eigenvalue weighted by Gasteiger charge is -2.08. The topological polar surface area (TPSA) is 99.6 Å². The minimum absolute atomic E-state index is 0.0785. The summed E-state index contributed by atoms with van der Waals surface area (Å²) in [5.74, 6) is 0.317. The smallest absolute Gasteiger partial charge is 0.289 e. The fourth-order valence-electron chi connectivity index (χ4n) is 3.72. The molecule has 0 spiro atoms. The van der Waals surface area contributed by atoms with Gasteiger partial charge in [0.05, 0.1) is 11.9 Å². The van der Waals surface area contributed by atoms with E-state index < -0.39 is 5.91 Å². The summed E-state index contributed by atoms with van der Waals surface area (Å²) in [4.78, 5) is 12.5. The average molecular weight is 497 g/mol. The van der Waals surface area contributed by atoms with Crippen LogP contribution >= 0.6 is 11.6 Å². The summed E-state index contributed by atoms with van der Waals surface area (Å²) in [7, 11) is 0. The van der Waals surface area contributed by atoms with Crippen molar-refractivity contribution in [3.05, 3.63) is 113 Å². The summed E-state index contributed by atoms with van der Waals surface area (Å²) < 4.78 is 5.81. The second kappa shape index (κ2) is 10.3. The Morgan fingerprint density at radius 3 is 2.64 bits per heavy atom. The third kappa shape index (κ3) is 5.06. The van der Waals surface area contributed by atoms with E-state index in [1.165, 1.54) is 6.21 Å². The number of ether oxygens (including phenoxy) is 1. The number of nitrogens with one attached hydrogen (secondary N) is 2. The average Bonchev–Trinajstić information content (AvgIpc) is 3.40. The monoisotopic (exact) mass is 496 g/mol. The zero-order chi connectivity index (χ0) is 24.9. The number of hydrogen-bond donors (Lipinski definition) is 3. The molecule has 1 heterocycles. The third-order valence-corrected chi connectivity index (χ3v) is 6.00. The van der Waals surface area contributed by atoms with Crippen molar-refractivity contribution in [2.45, 2.75) is 6.61 Å². The number of aromatic amines is 1.